The number of benzene rings is 1. The Balaban J connectivity index is 2.18. The highest BCUT2D eigenvalue weighted by molar-refractivity contribution is 5.87. The number of carbonyl (C=O) groups excluding carboxylic acids is 1. The molecular weight excluding hydrogens is 303 g/mol. The van der Waals surface area contributed by atoms with E-state index in [1.807, 2.05) is 0 Å². The summed E-state index contributed by atoms with van der Waals surface area (Å²) in [6, 6.07) is 6.04. The molecule has 0 radical (unpaired) electrons. The van der Waals surface area contributed by atoms with Crippen LogP contribution in [0.1, 0.15) is 12.8 Å². The molecule has 0 aliphatic rings. The maximum absolute atomic E-state index is 12.4. The molecule has 0 saturated heterocycles. The van der Waals surface area contributed by atoms with E-state index in [4.69, 9.17) is 4.74 Å². The third-order valence-corrected chi connectivity index (χ3v) is 2.72. The van der Waals surface area contributed by atoms with Crippen LogP contribution in [0.4, 0.5) is 23.7 Å². The molecule has 0 unspecified atom stereocenters. The Kier molecular flexibility index (Phi) is 4.34. The summed E-state index contributed by atoms with van der Waals surface area (Å²) in [5, 5.41) is 3.28. The second kappa shape index (κ2) is 6.04. The van der Waals surface area contributed by atoms with Crippen molar-refractivity contribution in [2.45, 2.75) is 13.1 Å². The van der Waals surface area contributed by atoms with Gasteiger partial charge in [0, 0.05) is 18.3 Å². The van der Waals surface area contributed by atoms with Gasteiger partial charge < -0.3 is 9.26 Å². The number of rotatable bonds is 3. The first-order valence-corrected chi connectivity index (χ1v) is 6.24. The first kappa shape index (κ1) is 15.8. The Labute approximate surface area is 123 Å². The number of amides is 1. The molecule has 1 aromatic heterocycles. The van der Waals surface area contributed by atoms with E-state index >= 15 is 0 Å². The standard InChI is InChI=1S/C13H12F3N3O3/c1-3-21-12(20)19(2)9-6-4-8(5-7-9)10-17-11(22-18-10)13(14,15)16/h4-7H,3H2,1-2H3. The van der Waals surface area contributed by atoms with Crippen molar-refractivity contribution < 1.29 is 27.2 Å². The Bertz CT molecular complexity index is 653. The number of carbonyl (C=O) groups is 1. The first-order valence-electron chi connectivity index (χ1n) is 6.24. The van der Waals surface area contributed by atoms with Gasteiger partial charge in [-0.1, -0.05) is 5.16 Å². The maximum atomic E-state index is 12.4. The van der Waals surface area contributed by atoms with E-state index < -0.39 is 18.2 Å². The van der Waals surface area contributed by atoms with Crippen LogP contribution in [0.3, 0.4) is 0 Å². The molecule has 1 amide bonds. The van der Waals surface area contributed by atoms with Gasteiger partial charge in [0.25, 0.3) is 0 Å². The van der Waals surface area contributed by atoms with E-state index in [1.165, 1.54) is 36.2 Å². The molecule has 1 heterocycles. The van der Waals surface area contributed by atoms with Crippen molar-refractivity contribution in [3.05, 3.63) is 30.2 Å². The van der Waals surface area contributed by atoms with Crippen molar-refractivity contribution >= 4 is 11.8 Å². The molecular formula is C13H12F3N3O3. The molecule has 0 atom stereocenters. The molecule has 1 aromatic carbocycles. The zero-order valence-corrected chi connectivity index (χ0v) is 11.7. The van der Waals surface area contributed by atoms with Crippen molar-refractivity contribution in [3.8, 4) is 11.4 Å². The zero-order valence-electron chi connectivity index (χ0n) is 11.7. The lowest BCUT2D eigenvalue weighted by molar-refractivity contribution is -0.159. The molecule has 2 rings (SSSR count). The minimum Gasteiger partial charge on any atom is -0.449 e. The molecule has 22 heavy (non-hydrogen) atoms. The van der Waals surface area contributed by atoms with E-state index in [1.54, 1.807) is 6.92 Å². The van der Waals surface area contributed by atoms with E-state index in [0.29, 0.717) is 11.3 Å². The number of hydrogen-bond acceptors (Lipinski definition) is 5. The molecule has 6 nitrogen and oxygen atoms in total. The Hall–Kier alpha value is -2.58. The van der Waals surface area contributed by atoms with Gasteiger partial charge in [-0.3, -0.25) is 4.90 Å². The van der Waals surface area contributed by atoms with Crippen LogP contribution in [0.15, 0.2) is 28.8 Å². The minimum absolute atomic E-state index is 0.183. The lowest BCUT2D eigenvalue weighted by Crippen LogP contribution is -2.26. The Morgan fingerprint density at radius 3 is 2.45 bits per heavy atom. The fraction of sp³-hybridized carbons (Fsp3) is 0.308. The second-order valence-electron chi connectivity index (χ2n) is 4.23. The summed E-state index contributed by atoms with van der Waals surface area (Å²) >= 11 is 0. The molecule has 9 heteroatoms. The van der Waals surface area contributed by atoms with Crippen molar-refractivity contribution in [1.29, 1.82) is 0 Å². The minimum atomic E-state index is -4.69. The first-order chi connectivity index (χ1) is 10.3. The number of anilines is 1. The lowest BCUT2D eigenvalue weighted by atomic mass is 10.2. The van der Waals surface area contributed by atoms with Crippen molar-refractivity contribution in [2.24, 2.45) is 0 Å². The summed E-state index contributed by atoms with van der Waals surface area (Å²) in [6.45, 7) is 1.92. The third-order valence-electron chi connectivity index (χ3n) is 2.72. The van der Waals surface area contributed by atoms with Crippen molar-refractivity contribution in [3.63, 3.8) is 0 Å². The predicted octanol–water partition coefficient (Wildman–Crippen LogP) is 3.35. The van der Waals surface area contributed by atoms with Gasteiger partial charge in [0.1, 0.15) is 0 Å². The van der Waals surface area contributed by atoms with Crippen molar-refractivity contribution in [2.75, 3.05) is 18.6 Å². The fourth-order valence-electron chi connectivity index (χ4n) is 1.62. The maximum Gasteiger partial charge on any atom is 0.471 e. The zero-order chi connectivity index (χ0) is 16.3. The smallest absolute Gasteiger partial charge is 0.449 e. The van der Waals surface area contributed by atoms with Crippen LogP contribution >= 0.6 is 0 Å². The summed E-state index contributed by atoms with van der Waals surface area (Å²) in [6.07, 6.45) is -5.22. The second-order valence-corrected chi connectivity index (χ2v) is 4.23. The normalized spacial score (nSPS) is 11.3. The highest BCUT2D eigenvalue weighted by atomic mass is 19.4. The highest BCUT2D eigenvalue weighted by Gasteiger charge is 2.38. The molecule has 118 valence electrons. The van der Waals surface area contributed by atoms with Gasteiger partial charge >= 0.3 is 18.2 Å². The largest absolute Gasteiger partial charge is 0.471 e. The summed E-state index contributed by atoms with van der Waals surface area (Å²) in [4.78, 5) is 16.1. The quantitative estimate of drug-likeness (QED) is 0.869. The number of ether oxygens (including phenoxy) is 1. The van der Waals surface area contributed by atoms with Crippen molar-refractivity contribution in [1.82, 2.24) is 10.1 Å². The SMILES string of the molecule is CCOC(=O)N(C)c1ccc(-c2noc(C(F)(F)F)n2)cc1. The predicted molar refractivity (Wildman–Crippen MR) is 70.2 cm³/mol. The van der Waals surface area contributed by atoms with Crippen LogP contribution in [-0.4, -0.2) is 29.9 Å². The number of hydrogen-bond donors (Lipinski definition) is 0. The molecule has 0 fully saturated rings. The van der Waals surface area contributed by atoms with E-state index in [9.17, 15) is 18.0 Å². The number of nitrogens with zero attached hydrogens (tertiary/aromatic N) is 3. The van der Waals surface area contributed by atoms with E-state index in [0.717, 1.165) is 0 Å². The number of halogens is 3. The molecule has 0 bridgehead atoms. The monoisotopic (exact) mass is 315 g/mol. The van der Waals surface area contributed by atoms with Gasteiger partial charge in [-0.15, -0.1) is 0 Å². The molecule has 0 spiro atoms. The Morgan fingerprint density at radius 1 is 1.32 bits per heavy atom. The van der Waals surface area contributed by atoms with Crippen LogP contribution in [0.2, 0.25) is 0 Å². The molecule has 0 N–H and O–H groups in total. The van der Waals surface area contributed by atoms with Gasteiger partial charge in [-0.05, 0) is 31.2 Å². The van der Waals surface area contributed by atoms with Crippen LogP contribution in [0.25, 0.3) is 11.4 Å². The van der Waals surface area contributed by atoms with Crippen LogP contribution in [0.5, 0.6) is 0 Å². The van der Waals surface area contributed by atoms with Gasteiger partial charge in [0.05, 0.1) is 6.61 Å². The average molecular weight is 315 g/mol. The highest BCUT2D eigenvalue weighted by Crippen LogP contribution is 2.29. The van der Waals surface area contributed by atoms with Gasteiger partial charge in [0.15, 0.2) is 0 Å². The van der Waals surface area contributed by atoms with E-state index in [-0.39, 0.29) is 12.4 Å². The number of aromatic nitrogens is 2. The molecule has 2 aromatic rings. The summed E-state index contributed by atoms with van der Waals surface area (Å²) in [5.74, 6) is -1.59. The number of alkyl halides is 3. The Morgan fingerprint density at radius 2 is 1.95 bits per heavy atom. The topological polar surface area (TPSA) is 68.5 Å². The van der Waals surface area contributed by atoms with Crippen LogP contribution in [-0.2, 0) is 10.9 Å². The summed E-state index contributed by atoms with van der Waals surface area (Å²) < 4.78 is 46.2. The van der Waals surface area contributed by atoms with E-state index in [2.05, 4.69) is 14.7 Å². The van der Waals surface area contributed by atoms with Gasteiger partial charge in [-0.2, -0.15) is 18.2 Å². The van der Waals surface area contributed by atoms with Crippen LogP contribution in [0, 0.1) is 0 Å². The summed E-state index contributed by atoms with van der Waals surface area (Å²) in [7, 11) is 1.52. The van der Waals surface area contributed by atoms with Gasteiger partial charge in [0.2, 0.25) is 5.82 Å². The fourth-order valence-corrected chi connectivity index (χ4v) is 1.62. The van der Waals surface area contributed by atoms with Crippen LogP contribution < -0.4 is 4.90 Å². The lowest BCUT2D eigenvalue weighted by Gasteiger charge is -2.16. The summed E-state index contributed by atoms with van der Waals surface area (Å²) in [5.41, 5.74) is 0.849. The average Bonchev–Trinajstić information content (AvgIpc) is 2.97. The van der Waals surface area contributed by atoms with Gasteiger partial charge in [-0.25, -0.2) is 4.79 Å². The molecule has 0 aliphatic carbocycles. The molecule has 0 aliphatic heterocycles. The molecule has 0 saturated carbocycles. The third kappa shape index (κ3) is 3.35.